The Balaban J connectivity index is 1.54. The van der Waals surface area contributed by atoms with E-state index in [9.17, 15) is 4.79 Å². The van der Waals surface area contributed by atoms with Crippen molar-refractivity contribution in [2.75, 3.05) is 18.9 Å². The first-order valence-electron chi connectivity index (χ1n) is 10.6. The van der Waals surface area contributed by atoms with E-state index in [1.54, 1.807) is 12.7 Å². The Morgan fingerprint density at radius 3 is 2.58 bits per heavy atom. The molecule has 0 radical (unpaired) electrons. The number of anilines is 1. The molecule has 1 aliphatic rings. The molecule has 0 aliphatic carbocycles. The van der Waals surface area contributed by atoms with Crippen LogP contribution in [0.1, 0.15) is 36.9 Å². The molecule has 1 aliphatic heterocycles. The molecule has 158 valence electrons. The summed E-state index contributed by atoms with van der Waals surface area (Å²) in [6.07, 6.45) is 8.18. The van der Waals surface area contributed by atoms with Crippen molar-refractivity contribution >= 4 is 22.5 Å². The van der Waals surface area contributed by atoms with Crippen LogP contribution in [0, 0.1) is 0 Å². The van der Waals surface area contributed by atoms with Crippen molar-refractivity contribution in [3.05, 3.63) is 72.4 Å². The van der Waals surface area contributed by atoms with Gasteiger partial charge in [0.15, 0.2) is 0 Å². The number of likely N-dealkylation sites (tertiary alicyclic amines) is 1. The first kappa shape index (κ1) is 19.5. The second kappa shape index (κ2) is 8.00. The maximum Gasteiger partial charge on any atom is 0.221 e. The van der Waals surface area contributed by atoms with Crippen molar-refractivity contribution in [1.29, 1.82) is 0 Å². The molecule has 0 bridgehead atoms. The van der Waals surface area contributed by atoms with Crippen LogP contribution in [0.15, 0.2) is 61.3 Å². The third-order valence-corrected chi connectivity index (χ3v) is 6.12. The van der Waals surface area contributed by atoms with Crippen molar-refractivity contribution < 1.29 is 4.79 Å². The van der Waals surface area contributed by atoms with Crippen LogP contribution >= 0.6 is 0 Å². The van der Waals surface area contributed by atoms with E-state index in [4.69, 9.17) is 0 Å². The molecule has 7 nitrogen and oxygen atoms in total. The van der Waals surface area contributed by atoms with Crippen LogP contribution in [0.4, 0.5) is 5.69 Å². The number of carbonyl (C=O) groups is 1. The molecule has 0 saturated carbocycles. The van der Waals surface area contributed by atoms with E-state index in [1.807, 2.05) is 16.7 Å². The van der Waals surface area contributed by atoms with Gasteiger partial charge in [0.25, 0.3) is 0 Å². The zero-order valence-electron chi connectivity index (χ0n) is 17.8. The van der Waals surface area contributed by atoms with Crippen LogP contribution in [-0.2, 0) is 11.3 Å². The number of amides is 1. The van der Waals surface area contributed by atoms with Crippen molar-refractivity contribution in [3.63, 3.8) is 0 Å². The Morgan fingerprint density at radius 2 is 1.90 bits per heavy atom. The lowest BCUT2D eigenvalue weighted by atomic mass is 10.0. The van der Waals surface area contributed by atoms with E-state index in [-0.39, 0.29) is 5.91 Å². The van der Waals surface area contributed by atoms with Gasteiger partial charge in [-0.3, -0.25) is 14.3 Å². The third-order valence-electron chi connectivity index (χ3n) is 6.12. The van der Waals surface area contributed by atoms with Crippen LogP contribution in [0.5, 0.6) is 0 Å². The average molecular weight is 415 g/mol. The zero-order valence-corrected chi connectivity index (χ0v) is 17.8. The molecule has 7 heteroatoms. The van der Waals surface area contributed by atoms with Crippen LogP contribution in [0.2, 0.25) is 0 Å². The summed E-state index contributed by atoms with van der Waals surface area (Å²) in [6.45, 7) is 3.43. The summed E-state index contributed by atoms with van der Waals surface area (Å²) in [5.74, 6) is -0.0571. The molecule has 31 heavy (non-hydrogen) atoms. The van der Waals surface area contributed by atoms with Gasteiger partial charge in [0.2, 0.25) is 5.91 Å². The van der Waals surface area contributed by atoms with Gasteiger partial charge in [-0.2, -0.15) is 0 Å². The van der Waals surface area contributed by atoms with Crippen molar-refractivity contribution in [2.45, 2.75) is 32.4 Å². The molecule has 3 heterocycles. The highest BCUT2D eigenvalue weighted by Crippen LogP contribution is 2.37. The molecule has 1 saturated heterocycles. The third kappa shape index (κ3) is 3.84. The molecular formula is C24H26N6O. The van der Waals surface area contributed by atoms with E-state index in [0.717, 1.165) is 24.5 Å². The predicted molar refractivity (Wildman–Crippen MR) is 121 cm³/mol. The van der Waals surface area contributed by atoms with E-state index < -0.39 is 0 Å². The van der Waals surface area contributed by atoms with Gasteiger partial charge >= 0.3 is 0 Å². The number of nitrogens with one attached hydrogen (secondary N) is 1. The van der Waals surface area contributed by atoms with Gasteiger partial charge in [-0.15, -0.1) is 10.2 Å². The minimum absolute atomic E-state index is 0.0571. The van der Waals surface area contributed by atoms with Gasteiger partial charge in [-0.25, -0.2) is 0 Å². The molecule has 0 spiro atoms. The van der Waals surface area contributed by atoms with Crippen LogP contribution in [0.25, 0.3) is 16.6 Å². The van der Waals surface area contributed by atoms with Crippen LogP contribution < -0.4 is 5.32 Å². The largest absolute Gasteiger partial charge is 0.343 e. The highest BCUT2D eigenvalue weighted by atomic mass is 16.1. The second-order valence-electron chi connectivity index (χ2n) is 8.30. The molecule has 5 rings (SSSR count). The maximum atomic E-state index is 11.3. The fraction of sp³-hybridized carbons (Fsp3) is 0.292. The summed E-state index contributed by atoms with van der Waals surface area (Å²) in [5.41, 5.74) is 5.68. The summed E-state index contributed by atoms with van der Waals surface area (Å²) < 4.78 is 4.28. The van der Waals surface area contributed by atoms with Crippen molar-refractivity contribution in [2.24, 2.45) is 0 Å². The zero-order chi connectivity index (χ0) is 21.4. The molecule has 1 fully saturated rings. The number of rotatable bonds is 5. The summed E-state index contributed by atoms with van der Waals surface area (Å²) in [6, 6.07) is 15.0. The van der Waals surface area contributed by atoms with Gasteiger partial charge in [-0.05, 0) is 67.9 Å². The Kier molecular flexibility index (Phi) is 5.03. The number of carbonyl (C=O) groups excluding carboxylic acids is 1. The van der Waals surface area contributed by atoms with Crippen LogP contribution in [-0.4, -0.2) is 43.7 Å². The number of fused-ring (bicyclic) bond motifs is 1. The first-order valence-corrected chi connectivity index (χ1v) is 10.6. The van der Waals surface area contributed by atoms with Gasteiger partial charge < -0.3 is 9.88 Å². The Bertz CT molecular complexity index is 1210. The number of benzene rings is 2. The van der Waals surface area contributed by atoms with Gasteiger partial charge in [0.05, 0.1) is 0 Å². The minimum atomic E-state index is -0.0571. The highest BCUT2D eigenvalue weighted by molar-refractivity contribution is 5.88. The Hall–Kier alpha value is -3.45. The van der Waals surface area contributed by atoms with Crippen molar-refractivity contribution in [3.8, 4) is 5.69 Å². The van der Waals surface area contributed by atoms with E-state index in [0.29, 0.717) is 6.04 Å². The summed E-state index contributed by atoms with van der Waals surface area (Å²) in [5, 5.41) is 12.0. The van der Waals surface area contributed by atoms with E-state index >= 15 is 0 Å². The number of hydrogen-bond donors (Lipinski definition) is 1. The number of aromatic nitrogens is 4. The molecule has 1 atom stereocenters. The number of hydrogen-bond acceptors (Lipinski definition) is 4. The smallest absolute Gasteiger partial charge is 0.221 e. The Labute approximate surface area is 181 Å². The molecule has 4 aromatic rings. The average Bonchev–Trinajstić information content (AvgIpc) is 3.49. The van der Waals surface area contributed by atoms with Gasteiger partial charge in [0.1, 0.15) is 12.7 Å². The predicted octanol–water partition coefficient (Wildman–Crippen LogP) is 4.00. The number of nitrogens with zero attached hydrogens (tertiary/aromatic N) is 5. The Morgan fingerprint density at radius 1 is 1.13 bits per heavy atom. The van der Waals surface area contributed by atoms with Crippen molar-refractivity contribution in [1.82, 2.24) is 24.2 Å². The topological polar surface area (TPSA) is 68.0 Å². The lowest BCUT2D eigenvalue weighted by Crippen LogP contribution is -2.17. The quantitative estimate of drug-likeness (QED) is 0.536. The fourth-order valence-electron chi connectivity index (χ4n) is 4.60. The molecule has 1 amide bonds. The monoisotopic (exact) mass is 414 g/mol. The minimum Gasteiger partial charge on any atom is -0.343 e. The molecule has 1 N–H and O–H groups in total. The summed E-state index contributed by atoms with van der Waals surface area (Å²) >= 11 is 0. The summed E-state index contributed by atoms with van der Waals surface area (Å²) in [7, 11) is 2.21. The fourth-order valence-corrected chi connectivity index (χ4v) is 4.60. The van der Waals surface area contributed by atoms with Gasteiger partial charge in [-0.1, -0.05) is 12.1 Å². The first-order chi connectivity index (χ1) is 15.1. The second-order valence-corrected chi connectivity index (χ2v) is 8.30. The normalized spacial score (nSPS) is 16.8. The maximum absolute atomic E-state index is 11.3. The van der Waals surface area contributed by atoms with E-state index in [2.05, 4.69) is 68.6 Å². The summed E-state index contributed by atoms with van der Waals surface area (Å²) in [4.78, 5) is 13.7. The van der Waals surface area contributed by atoms with E-state index in [1.165, 1.54) is 41.8 Å². The molecule has 2 aromatic carbocycles. The molecular weight excluding hydrogens is 388 g/mol. The lowest BCUT2D eigenvalue weighted by Gasteiger charge is -2.19. The van der Waals surface area contributed by atoms with Gasteiger partial charge in [0, 0.05) is 48.0 Å². The molecule has 2 aromatic heterocycles. The molecule has 0 unspecified atom stereocenters. The highest BCUT2D eigenvalue weighted by Gasteiger charge is 2.26. The SMILES string of the molecule is CC(=O)Nc1ccc(Cn2cc([C@H]3CCCN3C)c3cc(-n4cnnc4)ccc32)cc1. The standard InChI is InChI=1S/C24H26N6O/c1-17(31)27-19-7-5-18(6-8-19)13-29-14-22(23-4-3-11-28(23)2)21-12-20(9-10-24(21)29)30-15-25-26-16-30/h5-10,12,14-16,23H,3-4,11,13H2,1-2H3,(H,27,31)/t23-/m1/s1. The van der Waals surface area contributed by atoms with Crippen LogP contribution in [0.3, 0.4) is 0 Å². The lowest BCUT2D eigenvalue weighted by molar-refractivity contribution is -0.114.